The van der Waals surface area contributed by atoms with E-state index in [4.69, 9.17) is 4.74 Å². The number of rotatable bonds is 2. The number of carbonyl (C=O) groups is 1. The number of carbonyl (C=O) groups excluding carboxylic acids is 1. The molecule has 0 atom stereocenters. The lowest BCUT2D eigenvalue weighted by atomic mass is 10.2. The van der Waals surface area contributed by atoms with E-state index in [2.05, 4.69) is 10.2 Å². The molecule has 0 aromatic rings. The van der Waals surface area contributed by atoms with Gasteiger partial charge in [-0.3, -0.25) is 10.2 Å². The van der Waals surface area contributed by atoms with E-state index in [0.29, 0.717) is 12.3 Å². The lowest BCUT2D eigenvalue weighted by molar-refractivity contribution is 0.0520. The number of aromatic nitrogens is 2. The molecule has 1 heterocycles. The van der Waals surface area contributed by atoms with Crippen molar-refractivity contribution in [2.24, 2.45) is 0 Å². The Labute approximate surface area is 75.2 Å². The Balaban J connectivity index is 2.34. The SMILES string of the molecule is CCOC(=O)c1[nH][nH]c2cccc1-2. The van der Waals surface area contributed by atoms with Crippen LogP contribution in [0.1, 0.15) is 17.4 Å². The molecule has 0 radical (unpaired) electrons. The number of hydrogen-bond donors (Lipinski definition) is 2. The maximum absolute atomic E-state index is 11.3. The van der Waals surface area contributed by atoms with Gasteiger partial charge < -0.3 is 4.74 Å². The molecule has 2 rings (SSSR count). The molecular formula is C9H10N2O2. The van der Waals surface area contributed by atoms with Crippen molar-refractivity contribution in [3.05, 3.63) is 23.9 Å². The molecule has 0 unspecified atom stereocenters. The Morgan fingerprint density at radius 3 is 3.08 bits per heavy atom. The summed E-state index contributed by atoms with van der Waals surface area (Å²) in [7, 11) is 0. The van der Waals surface area contributed by atoms with Gasteiger partial charge in [0.25, 0.3) is 0 Å². The Morgan fingerprint density at radius 1 is 1.46 bits per heavy atom. The van der Waals surface area contributed by atoms with Crippen molar-refractivity contribution < 1.29 is 9.53 Å². The van der Waals surface area contributed by atoms with Gasteiger partial charge in [0.1, 0.15) is 5.69 Å². The van der Waals surface area contributed by atoms with E-state index < -0.39 is 0 Å². The molecule has 0 saturated carbocycles. The van der Waals surface area contributed by atoms with Crippen LogP contribution in [0.4, 0.5) is 0 Å². The second-order valence-electron chi connectivity index (χ2n) is 2.70. The van der Waals surface area contributed by atoms with Crippen molar-refractivity contribution in [3.8, 4) is 11.3 Å². The van der Waals surface area contributed by atoms with Crippen molar-refractivity contribution in [1.82, 2.24) is 10.2 Å². The minimum Gasteiger partial charge on any atom is -0.461 e. The van der Waals surface area contributed by atoms with Gasteiger partial charge in [-0.2, -0.15) is 0 Å². The summed E-state index contributed by atoms with van der Waals surface area (Å²) in [5.74, 6) is -0.319. The minimum atomic E-state index is -0.319. The number of H-pyrrole nitrogens is 2. The molecule has 0 aromatic heterocycles. The lowest BCUT2D eigenvalue weighted by Gasteiger charge is -1.98. The van der Waals surface area contributed by atoms with Crippen LogP contribution >= 0.6 is 0 Å². The molecule has 1 aliphatic carbocycles. The van der Waals surface area contributed by atoms with Crippen molar-refractivity contribution >= 4 is 5.97 Å². The number of esters is 1. The van der Waals surface area contributed by atoms with Crippen LogP contribution in [0.25, 0.3) is 11.3 Å². The van der Waals surface area contributed by atoms with Crippen molar-refractivity contribution in [2.75, 3.05) is 6.61 Å². The third-order valence-corrected chi connectivity index (χ3v) is 1.89. The monoisotopic (exact) mass is 178 g/mol. The fraction of sp³-hybridized carbons (Fsp3) is 0.222. The molecule has 2 aliphatic rings. The van der Waals surface area contributed by atoms with Crippen LogP contribution in [0.15, 0.2) is 18.2 Å². The van der Waals surface area contributed by atoms with Gasteiger partial charge in [-0.05, 0) is 13.0 Å². The highest BCUT2D eigenvalue weighted by molar-refractivity contribution is 5.95. The standard InChI is InChI=1S/C9H10N2O2/c1-2-13-9(12)8-6-4-3-5-7(6)10-11-8/h3-5,10-11H,2H2,1H3. The van der Waals surface area contributed by atoms with Crippen LogP contribution < -0.4 is 0 Å². The van der Waals surface area contributed by atoms with Gasteiger partial charge in [-0.25, -0.2) is 4.79 Å². The number of aromatic amines is 2. The molecular weight excluding hydrogens is 168 g/mol. The Hall–Kier alpha value is -1.71. The zero-order valence-corrected chi connectivity index (χ0v) is 7.26. The van der Waals surface area contributed by atoms with Gasteiger partial charge in [-0.15, -0.1) is 0 Å². The molecule has 0 bridgehead atoms. The van der Waals surface area contributed by atoms with Crippen molar-refractivity contribution in [3.63, 3.8) is 0 Å². The molecule has 13 heavy (non-hydrogen) atoms. The fourth-order valence-electron chi connectivity index (χ4n) is 1.31. The van der Waals surface area contributed by atoms with Crippen molar-refractivity contribution in [1.29, 1.82) is 0 Å². The van der Waals surface area contributed by atoms with E-state index in [1.54, 1.807) is 6.92 Å². The first-order chi connectivity index (χ1) is 6.33. The fourth-order valence-corrected chi connectivity index (χ4v) is 1.31. The largest absolute Gasteiger partial charge is 0.461 e. The highest BCUT2D eigenvalue weighted by Gasteiger charge is 2.17. The number of hydrogen-bond acceptors (Lipinski definition) is 2. The van der Waals surface area contributed by atoms with Crippen LogP contribution in [0.2, 0.25) is 0 Å². The van der Waals surface area contributed by atoms with Gasteiger partial charge >= 0.3 is 5.97 Å². The van der Waals surface area contributed by atoms with Crippen LogP contribution in [0, 0.1) is 0 Å². The highest BCUT2D eigenvalue weighted by atomic mass is 16.5. The summed E-state index contributed by atoms with van der Waals surface area (Å²) in [5, 5.41) is 5.66. The third-order valence-electron chi connectivity index (χ3n) is 1.89. The van der Waals surface area contributed by atoms with E-state index in [1.165, 1.54) is 0 Å². The smallest absolute Gasteiger partial charge is 0.356 e. The van der Waals surface area contributed by atoms with E-state index in [-0.39, 0.29) is 5.97 Å². The molecule has 68 valence electrons. The summed E-state index contributed by atoms with van der Waals surface area (Å²) in [4.78, 5) is 11.3. The number of nitrogens with one attached hydrogen (secondary N) is 2. The summed E-state index contributed by atoms with van der Waals surface area (Å²) in [5.41, 5.74) is 2.28. The normalized spacial score (nSPS) is 10.5. The van der Waals surface area contributed by atoms with Crippen molar-refractivity contribution in [2.45, 2.75) is 6.92 Å². The average Bonchev–Trinajstić information content (AvgIpc) is 2.62. The maximum Gasteiger partial charge on any atom is 0.356 e. The lowest BCUT2D eigenvalue weighted by Crippen LogP contribution is -2.05. The molecule has 1 aliphatic heterocycles. The summed E-state index contributed by atoms with van der Waals surface area (Å²) >= 11 is 0. The first-order valence-corrected chi connectivity index (χ1v) is 4.15. The van der Waals surface area contributed by atoms with E-state index in [9.17, 15) is 4.79 Å². The van der Waals surface area contributed by atoms with Gasteiger partial charge in [0.15, 0.2) is 0 Å². The first-order valence-electron chi connectivity index (χ1n) is 4.15. The Morgan fingerprint density at radius 2 is 2.31 bits per heavy atom. The second-order valence-corrected chi connectivity index (χ2v) is 2.70. The van der Waals surface area contributed by atoms with Gasteiger partial charge in [0.2, 0.25) is 0 Å². The quantitative estimate of drug-likeness (QED) is 0.686. The topological polar surface area (TPSA) is 57.9 Å². The predicted octanol–water partition coefficient (Wildman–Crippen LogP) is 1.62. The van der Waals surface area contributed by atoms with Crippen LogP contribution in [-0.4, -0.2) is 22.8 Å². The molecule has 0 spiro atoms. The summed E-state index contributed by atoms with van der Waals surface area (Å²) in [6.45, 7) is 2.17. The summed E-state index contributed by atoms with van der Waals surface area (Å²) in [6, 6.07) is 5.65. The van der Waals surface area contributed by atoms with Gasteiger partial charge in [0.05, 0.1) is 12.3 Å². The van der Waals surface area contributed by atoms with E-state index in [1.807, 2.05) is 18.2 Å². The molecule has 2 N–H and O–H groups in total. The van der Waals surface area contributed by atoms with Crippen LogP contribution in [0.3, 0.4) is 0 Å². The number of ether oxygens (including phenoxy) is 1. The second kappa shape index (κ2) is 2.97. The zero-order valence-electron chi connectivity index (χ0n) is 7.26. The predicted molar refractivity (Wildman–Crippen MR) is 47.7 cm³/mol. The van der Waals surface area contributed by atoms with E-state index in [0.717, 1.165) is 11.3 Å². The molecule has 4 heteroatoms. The number of fused-ring (bicyclic) bond motifs is 1. The Bertz CT molecular complexity index is 388. The molecule has 0 fully saturated rings. The summed E-state index contributed by atoms with van der Waals surface area (Å²) in [6.07, 6.45) is 0. The van der Waals surface area contributed by atoms with Gasteiger partial charge in [0, 0.05) is 5.56 Å². The minimum absolute atomic E-state index is 0.319. The molecule has 0 aromatic carbocycles. The third kappa shape index (κ3) is 1.20. The molecule has 0 amide bonds. The molecule has 0 saturated heterocycles. The van der Waals surface area contributed by atoms with E-state index >= 15 is 0 Å². The molecule has 4 nitrogen and oxygen atoms in total. The van der Waals surface area contributed by atoms with Crippen LogP contribution in [-0.2, 0) is 4.74 Å². The maximum atomic E-state index is 11.3. The Kier molecular flexibility index (Phi) is 1.81. The average molecular weight is 178 g/mol. The summed E-state index contributed by atoms with van der Waals surface area (Å²) < 4.78 is 4.87. The highest BCUT2D eigenvalue weighted by Crippen LogP contribution is 2.24. The van der Waals surface area contributed by atoms with Crippen LogP contribution in [0.5, 0.6) is 0 Å². The van der Waals surface area contributed by atoms with Gasteiger partial charge in [-0.1, -0.05) is 12.1 Å². The zero-order chi connectivity index (χ0) is 9.26. The first kappa shape index (κ1) is 7.91.